The quantitative estimate of drug-likeness (QED) is 0.590. The van der Waals surface area contributed by atoms with Crippen molar-refractivity contribution in [3.63, 3.8) is 0 Å². The van der Waals surface area contributed by atoms with Crippen molar-refractivity contribution in [3.8, 4) is 0 Å². The van der Waals surface area contributed by atoms with Crippen LogP contribution in [0.5, 0.6) is 0 Å². The van der Waals surface area contributed by atoms with Gasteiger partial charge < -0.3 is 5.73 Å². The van der Waals surface area contributed by atoms with Gasteiger partial charge in [0.25, 0.3) is 5.92 Å². The summed E-state index contributed by atoms with van der Waals surface area (Å²) in [5.74, 6) is -2.88. The lowest BCUT2D eigenvalue weighted by Crippen LogP contribution is -2.41. The van der Waals surface area contributed by atoms with Crippen molar-refractivity contribution in [2.45, 2.75) is 32.2 Å². The van der Waals surface area contributed by atoms with Crippen LogP contribution in [0.25, 0.3) is 0 Å². The van der Waals surface area contributed by atoms with Gasteiger partial charge in [0.05, 0.1) is 12.4 Å². The van der Waals surface area contributed by atoms with Gasteiger partial charge in [-0.25, -0.2) is 0 Å². The molecule has 0 amide bonds. The third-order valence-corrected chi connectivity index (χ3v) is 3.00. The zero-order chi connectivity index (χ0) is 14.5. The number of alkyl halides is 2. The first-order valence-electron chi connectivity index (χ1n) is 6.33. The molecule has 0 aliphatic rings. The lowest BCUT2D eigenvalue weighted by Gasteiger charge is -2.30. The second-order valence-corrected chi connectivity index (χ2v) is 4.91. The second kappa shape index (κ2) is 6.61. The maximum Gasteiger partial charge on any atom is 0.285 e. The number of halogens is 2. The number of hydrogen-bond acceptors (Lipinski definition) is 2. The van der Waals surface area contributed by atoms with E-state index in [1.54, 1.807) is 23.1 Å². The topological polar surface area (TPSA) is 53.1 Å². The molecule has 0 aliphatic heterocycles. The van der Waals surface area contributed by atoms with Gasteiger partial charge in [0.15, 0.2) is 0 Å². The average Bonchev–Trinajstić information content (AvgIpc) is 2.35. The Labute approximate surface area is 112 Å². The summed E-state index contributed by atoms with van der Waals surface area (Å²) in [4.78, 5) is 1.65. The fourth-order valence-electron chi connectivity index (χ4n) is 1.81. The maximum atomic E-state index is 14.2. The third-order valence-electron chi connectivity index (χ3n) is 3.00. The van der Waals surface area contributed by atoms with E-state index in [4.69, 9.17) is 11.1 Å². The van der Waals surface area contributed by atoms with Crippen LogP contribution >= 0.6 is 0 Å². The summed E-state index contributed by atoms with van der Waals surface area (Å²) in [6.07, 6.45) is 0.309. The van der Waals surface area contributed by atoms with Crippen molar-refractivity contribution >= 4 is 5.84 Å². The first kappa shape index (κ1) is 15.6. The normalized spacial score (nSPS) is 12.1. The van der Waals surface area contributed by atoms with Gasteiger partial charge in [0.1, 0.15) is 0 Å². The lowest BCUT2D eigenvalue weighted by molar-refractivity contribution is -0.0444. The molecule has 0 saturated heterocycles. The van der Waals surface area contributed by atoms with Gasteiger partial charge >= 0.3 is 0 Å². The Hall–Kier alpha value is -1.49. The van der Waals surface area contributed by atoms with E-state index in [0.29, 0.717) is 13.0 Å². The van der Waals surface area contributed by atoms with E-state index in [-0.39, 0.29) is 24.0 Å². The molecule has 0 heterocycles. The molecule has 3 N–H and O–H groups in total. The van der Waals surface area contributed by atoms with Crippen LogP contribution in [0.15, 0.2) is 30.3 Å². The van der Waals surface area contributed by atoms with E-state index in [1.165, 1.54) is 12.1 Å². The number of nitrogens with zero attached hydrogens (tertiary/aromatic N) is 1. The van der Waals surface area contributed by atoms with Crippen LogP contribution in [0.2, 0.25) is 0 Å². The molecule has 0 bridgehead atoms. The van der Waals surface area contributed by atoms with Gasteiger partial charge in [0.2, 0.25) is 0 Å². The summed E-state index contributed by atoms with van der Waals surface area (Å²) in [7, 11) is 0. The molecule has 0 fully saturated rings. The van der Waals surface area contributed by atoms with Crippen molar-refractivity contribution in [2.24, 2.45) is 5.73 Å². The molecule has 0 atom stereocenters. The predicted octanol–water partition coefficient (Wildman–Crippen LogP) is 2.81. The zero-order valence-electron chi connectivity index (χ0n) is 11.4. The summed E-state index contributed by atoms with van der Waals surface area (Å²) in [6.45, 7) is 3.74. The first-order chi connectivity index (χ1) is 8.83. The molecular weight excluding hydrogens is 248 g/mol. The van der Waals surface area contributed by atoms with E-state index in [0.717, 1.165) is 0 Å². The number of rotatable bonds is 7. The van der Waals surface area contributed by atoms with Crippen LogP contribution in [0, 0.1) is 5.41 Å². The third kappa shape index (κ3) is 4.95. The Bertz CT molecular complexity index is 404. The maximum absolute atomic E-state index is 14.2. The SMILES string of the molecule is CC(C)N(CCC(=N)N)CC(F)(F)c1ccccc1. The monoisotopic (exact) mass is 269 g/mol. The molecule has 1 aromatic rings. The fourth-order valence-corrected chi connectivity index (χ4v) is 1.81. The molecule has 0 aromatic heterocycles. The molecule has 0 spiro atoms. The Morgan fingerprint density at radius 1 is 1.32 bits per heavy atom. The van der Waals surface area contributed by atoms with Gasteiger partial charge in [-0.1, -0.05) is 30.3 Å². The van der Waals surface area contributed by atoms with Crippen LogP contribution in [0.1, 0.15) is 25.8 Å². The summed E-state index contributed by atoms with van der Waals surface area (Å²) in [5.41, 5.74) is 5.30. The molecule has 1 rings (SSSR count). The molecule has 1 aromatic carbocycles. The standard InChI is InChI=1S/C14H21F2N3/c1-11(2)19(9-8-13(17)18)10-14(15,16)12-6-4-3-5-7-12/h3-7,11H,8-10H2,1-2H3,(H3,17,18). The van der Waals surface area contributed by atoms with E-state index in [9.17, 15) is 8.78 Å². The van der Waals surface area contributed by atoms with Crippen molar-refractivity contribution in [1.82, 2.24) is 4.90 Å². The summed E-state index contributed by atoms with van der Waals surface area (Å²) in [6, 6.07) is 7.79. The van der Waals surface area contributed by atoms with E-state index in [2.05, 4.69) is 0 Å². The number of amidine groups is 1. The van der Waals surface area contributed by atoms with Crippen molar-refractivity contribution < 1.29 is 8.78 Å². The van der Waals surface area contributed by atoms with E-state index < -0.39 is 5.92 Å². The molecule has 0 saturated carbocycles. The molecule has 5 heteroatoms. The van der Waals surface area contributed by atoms with E-state index >= 15 is 0 Å². The fraction of sp³-hybridized carbons (Fsp3) is 0.500. The zero-order valence-corrected chi connectivity index (χ0v) is 11.4. The highest BCUT2D eigenvalue weighted by Crippen LogP contribution is 2.29. The molecule has 19 heavy (non-hydrogen) atoms. The van der Waals surface area contributed by atoms with Gasteiger partial charge in [-0.15, -0.1) is 0 Å². The lowest BCUT2D eigenvalue weighted by atomic mass is 10.1. The molecular formula is C14H21F2N3. The Balaban J connectivity index is 2.75. The van der Waals surface area contributed by atoms with Gasteiger partial charge in [0, 0.05) is 24.6 Å². The minimum Gasteiger partial charge on any atom is -0.388 e. The van der Waals surface area contributed by atoms with Gasteiger partial charge in [-0.3, -0.25) is 10.3 Å². The van der Waals surface area contributed by atoms with Gasteiger partial charge in [-0.2, -0.15) is 8.78 Å². The summed E-state index contributed by atoms with van der Waals surface area (Å²) >= 11 is 0. The second-order valence-electron chi connectivity index (χ2n) is 4.91. The minimum absolute atomic E-state index is 0.0171. The first-order valence-corrected chi connectivity index (χ1v) is 6.33. The average molecular weight is 269 g/mol. The number of hydrogen-bond donors (Lipinski definition) is 2. The number of nitrogens with two attached hydrogens (primary N) is 1. The van der Waals surface area contributed by atoms with Gasteiger partial charge in [-0.05, 0) is 13.8 Å². The van der Waals surface area contributed by atoms with Crippen LogP contribution < -0.4 is 5.73 Å². The number of benzene rings is 1. The highest BCUT2D eigenvalue weighted by molar-refractivity contribution is 5.76. The van der Waals surface area contributed by atoms with E-state index in [1.807, 2.05) is 13.8 Å². The molecule has 0 radical (unpaired) electrons. The van der Waals surface area contributed by atoms with Crippen molar-refractivity contribution in [3.05, 3.63) is 35.9 Å². The smallest absolute Gasteiger partial charge is 0.285 e. The Morgan fingerprint density at radius 2 is 1.89 bits per heavy atom. The molecule has 106 valence electrons. The molecule has 3 nitrogen and oxygen atoms in total. The van der Waals surface area contributed by atoms with Crippen LogP contribution in [0.3, 0.4) is 0 Å². The van der Waals surface area contributed by atoms with Crippen molar-refractivity contribution in [2.75, 3.05) is 13.1 Å². The molecule has 0 unspecified atom stereocenters. The predicted molar refractivity (Wildman–Crippen MR) is 73.6 cm³/mol. The van der Waals surface area contributed by atoms with Crippen molar-refractivity contribution in [1.29, 1.82) is 5.41 Å². The Morgan fingerprint density at radius 3 is 2.37 bits per heavy atom. The Kier molecular flexibility index (Phi) is 5.42. The van der Waals surface area contributed by atoms with Crippen LogP contribution in [0.4, 0.5) is 8.78 Å². The molecule has 0 aliphatic carbocycles. The minimum atomic E-state index is -2.90. The number of nitrogens with one attached hydrogen (secondary N) is 1. The van der Waals surface area contributed by atoms with Crippen LogP contribution in [-0.2, 0) is 5.92 Å². The van der Waals surface area contributed by atoms with Crippen LogP contribution in [-0.4, -0.2) is 29.9 Å². The summed E-state index contributed by atoms with van der Waals surface area (Å²) in [5, 5.41) is 7.19. The largest absolute Gasteiger partial charge is 0.388 e. The summed E-state index contributed by atoms with van der Waals surface area (Å²) < 4.78 is 28.3. The highest BCUT2D eigenvalue weighted by atomic mass is 19.3. The highest BCUT2D eigenvalue weighted by Gasteiger charge is 2.34.